The van der Waals surface area contributed by atoms with Crippen LogP contribution in [0, 0.1) is 13.8 Å². The molecule has 0 aliphatic carbocycles. The lowest BCUT2D eigenvalue weighted by atomic mass is 10.2. The number of amides is 2. The Bertz CT molecular complexity index is 488. The number of aryl methyl sites for hydroxylation is 2. The van der Waals surface area contributed by atoms with E-state index in [0.717, 1.165) is 12.8 Å². The van der Waals surface area contributed by atoms with E-state index < -0.39 is 0 Å². The fraction of sp³-hybridized carbons (Fsp3) is 0.571. The van der Waals surface area contributed by atoms with E-state index in [1.54, 1.807) is 20.9 Å². The maximum absolute atomic E-state index is 12.2. The van der Waals surface area contributed by atoms with Gasteiger partial charge < -0.3 is 10.2 Å². The predicted octanol–water partition coefficient (Wildman–Crippen LogP) is 1.08. The zero-order valence-electron chi connectivity index (χ0n) is 12.6. The fourth-order valence-electron chi connectivity index (χ4n) is 1.75. The molecule has 0 fully saturated rings. The maximum atomic E-state index is 12.2. The van der Waals surface area contributed by atoms with E-state index in [1.165, 1.54) is 11.1 Å². The van der Waals surface area contributed by atoms with Gasteiger partial charge in [-0.2, -0.15) is 0 Å². The quantitative estimate of drug-likeness (QED) is 0.790. The van der Waals surface area contributed by atoms with Gasteiger partial charge in [0.05, 0.1) is 17.8 Å². The molecule has 1 heterocycles. The van der Waals surface area contributed by atoms with Crippen LogP contribution in [0.2, 0.25) is 0 Å². The number of rotatable bonds is 6. The summed E-state index contributed by atoms with van der Waals surface area (Å²) >= 11 is 0. The number of carbonyl (C=O) groups is 2. The lowest BCUT2D eigenvalue weighted by Gasteiger charge is -2.17. The van der Waals surface area contributed by atoms with E-state index in [-0.39, 0.29) is 18.4 Å². The normalized spacial score (nSPS) is 10.2. The van der Waals surface area contributed by atoms with Gasteiger partial charge in [0.1, 0.15) is 5.82 Å². The molecule has 0 radical (unpaired) electrons. The second-order valence-electron chi connectivity index (χ2n) is 4.78. The van der Waals surface area contributed by atoms with Crippen molar-refractivity contribution in [3.05, 3.63) is 23.3 Å². The van der Waals surface area contributed by atoms with Gasteiger partial charge in [0.15, 0.2) is 0 Å². The van der Waals surface area contributed by atoms with Gasteiger partial charge in [-0.1, -0.05) is 13.3 Å². The SMILES string of the molecule is CCCCNC(=O)CN(C)C(=O)c1cnc(C)nc1C. The fourth-order valence-corrected chi connectivity index (χ4v) is 1.75. The van der Waals surface area contributed by atoms with Crippen LogP contribution in [-0.2, 0) is 4.79 Å². The second kappa shape index (κ2) is 7.57. The van der Waals surface area contributed by atoms with Crippen LogP contribution in [0.25, 0.3) is 0 Å². The van der Waals surface area contributed by atoms with E-state index >= 15 is 0 Å². The molecule has 0 aliphatic heterocycles. The highest BCUT2D eigenvalue weighted by Gasteiger charge is 2.17. The summed E-state index contributed by atoms with van der Waals surface area (Å²) in [4.78, 5) is 33.4. The average Bonchev–Trinajstić information content (AvgIpc) is 2.38. The van der Waals surface area contributed by atoms with Crippen LogP contribution in [0.3, 0.4) is 0 Å². The third-order valence-corrected chi connectivity index (χ3v) is 2.91. The van der Waals surface area contributed by atoms with Crippen molar-refractivity contribution in [2.45, 2.75) is 33.6 Å². The topological polar surface area (TPSA) is 75.2 Å². The minimum Gasteiger partial charge on any atom is -0.355 e. The van der Waals surface area contributed by atoms with Crippen molar-refractivity contribution in [3.63, 3.8) is 0 Å². The first-order valence-electron chi connectivity index (χ1n) is 6.78. The first-order valence-corrected chi connectivity index (χ1v) is 6.78. The number of nitrogens with one attached hydrogen (secondary N) is 1. The first kappa shape index (κ1) is 16.1. The number of unbranched alkanes of at least 4 members (excludes halogenated alkanes) is 1. The first-order chi connectivity index (χ1) is 9.45. The van der Waals surface area contributed by atoms with Crippen LogP contribution < -0.4 is 5.32 Å². The summed E-state index contributed by atoms with van der Waals surface area (Å²) in [7, 11) is 1.60. The van der Waals surface area contributed by atoms with Crippen molar-refractivity contribution in [2.75, 3.05) is 20.1 Å². The van der Waals surface area contributed by atoms with Crippen LogP contribution >= 0.6 is 0 Å². The minimum atomic E-state index is -0.242. The molecule has 110 valence electrons. The van der Waals surface area contributed by atoms with Gasteiger partial charge in [-0.25, -0.2) is 9.97 Å². The van der Waals surface area contributed by atoms with E-state index in [9.17, 15) is 9.59 Å². The summed E-state index contributed by atoms with van der Waals surface area (Å²) in [5.41, 5.74) is 1.06. The predicted molar refractivity (Wildman–Crippen MR) is 76.4 cm³/mol. The maximum Gasteiger partial charge on any atom is 0.257 e. The van der Waals surface area contributed by atoms with Crippen LogP contribution in [0.15, 0.2) is 6.20 Å². The van der Waals surface area contributed by atoms with Crippen LogP contribution in [-0.4, -0.2) is 46.8 Å². The molecular formula is C14H22N4O2. The molecule has 20 heavy (non-hydrogen) atoms. The Morgan fingerprint density at radius 2 is 2.05 bits per heavy atom. The Kier molecular flexibility index (Phi) is 6.09. The third-order valence-electron chi connectivity index (χ3n) is 2.91. The van der Waals surface area contributed by atoms with Crippen molar-refractivity contribution < 1.29 is 9.59 Å². The van der Waals surface area contributed by atoms with Crippen molar-refractivity contribution in [1.29, 1.82) is 0 Å². The van der Waals surface area contributed by atoms with Gasteiger partial charge in [0.25, 0.3) is 5.91 Å². The molecule has 1 aromatic heterocycles. The Labute approximate surface area is 119 Å². The summed E-state index contributed by atoms with van der Waals surface area (Å²) in [6, 6.07) is 0. The number of hydrogen-bond acceptors (Lipinski definition) is 4. The molecule has 0 bridgehead atoms. The summed E-state index contributed by atoms with van der Waals surface area (Å²) in [6.07, 6.45) is 3.47. The molecule has 1 aromatic rings. The third kappa shape index (κ3) is 4.60. The molecule has 6 heteroatoms. The van der Waals surface area contributed by atoms with Crippen molar-refractivity contribution in [2.24, 2.45) is 0 Å². The molecule has 0 aliphatic rings. The lowest BCUT2D eigenvalue weighted by molar-refractivity contribution is -0.121. The van der Waals surface area contributed by atoms with Crippen LogP contribution in [0.4, 0.5) is 0 Å². The van der Waals surface area contributed by atoms with Crippen molar-refractivity contribution >= 4 is 11.8 Å². The van der Waals surface area contributed by atoms with Crippen molar-refractivity contribution in [1.82, 2.24) is 20.2 Å². The Morgan fingerprint density at radius 1 is 1.35 bits per heavy atom. The monoisotopic (exact) mass is 278 g/mol. The molecule has 2 amide bonds. The standard InChI is InChI=1S/C14H22N4O2/c1-5-6-7-15-13(19)9-18(4)14(20)12-8-16-11(3)17-10(12)2/h8H,5-7,9H2,1-4H3,(H,15,19). The average molecular weight is 278 g/mol. The Balaban J connectivity index is 2.60. The summed E-state index contributed by atoms with van der Waals surface area (Å²) in [5.74, 6) is 0.229. The Hall–Kier alpha value is -1.98. The molecule has 0 aromatic carbocycles. The second-order valence-corrected chi connectivity index (χ2v) is 4.78. The van der Waals surface area contributed by atoms with Gasteiger partial charge in [-0.05, 0) is 20.3 Å². The van der Waals surface area contributed by atoms with E-state index in [0.29, 0.717) is 23.6 Å². The molecule has 0 unspecified atom stereocenters. The molecule has 0 atom stereocenters. The summed E-state index contributed by atoms with van der Waals surface area (Å²) in [6.45, 7) is 6.27. The highest BCUT2D eigenvalue weighted by atomic mass is 16.2. The van der Waals surface area contributed by atoms with Gasteiger partial charge >= 0.3 is 0 Å². The molecule has 6 nitrogen and oxygen atoms in total. The highest BCUT2D eigenvalue weighted by Crippen LogP contribution is 2.07. The lowest BCUT2D eigenvalue weighted by Crippen LogP contribution is -2.39. The summed E-state index contributed by atoms with van der Waals surface area (Å²) in [5, 5.41) is 2.78. The molecule has 0 spiro atoms. The molecular weight excluding hydrogens is 256 g/mol. The number of likely N-dealkylation sites (N-methyl/N-ethyl adjacent to an activating group) is 1. The van der Waals surface area contributed by atoms with E-state index in [2.05, 4.69) is 22.2 Å². The van der Waals surface area contributed by atoms with Crippen LogP contribution in [0.1, 0.15) is 41.6 Å². The zero-order chi connectivity index (χ0) is 15.1. The number of nitrogens with zero attached hydrogens (tertiary/aromatic N) is 3. The number of hydrogen-bond donors (Lipinski definition) is 1. The molecule has 1 N–H and O–H groups in total. The number of carbonyl (C=O) groups excluding carboxylic acids is 2. The van der Waals surface area contributed by atoms with Crippen LogP contribution in [0.5, 0.6) is 0 Å². The summed E-state index contributed by atoms with van der Waals surface area (Å²) < 4.78 is 0. The molecule has 0 saturated heterocycles. The minimum absolute atomic E-state index is 0.0376. The zero-order valence-corrected chi connectivity index (χ0v) is 12.6. The Morgan fingerprint density at radius 3 is 2.65 bits per heavy atom. The highest BCUT2D eigenvalue weighted by molar-refractivity contribution is 5.96. The van der Waals surface area contributed by atoms with Gasteiger partial charge in [0, 0.05) is 19.8 Å². The van der Waals surface area contributed by atoms with Gasteiger partial charge in [-0.15, -0.1) is 0 Å². The van der Waals surface area contributed by atoms with Gasteiger partial charge in [-0.3, -0.25) is 9.59 Å². The number of aromatic nitrogens is 2. The van der Waals surface area contributed by atoms with E-state index in [1.807, 2.05) is 0 Å². The van der Waals surface area contributed by atoms with E-state index in [4.69, 9.17) is 0 Å². The molecule has 1 rings (SSSR count). The van der Waals surface area contributed by atoms with Gasteiger partial charge in [0.2, 0.25) is 5.91 Å². The molecule has 0 saturated carbocycles. The largest absolute Gasteiger partial charge is 0.355 e. The van der Waals surface area contributed by atoms with Crippen molar-refractivity contribution in [3.8, 4) is 0 Å². The smallest absolute Gasteiger partial charge is 0.257 e.